The smallest absolute Gasteiger partial charge is 0.316 e. The molecular formula is C50H88N28O15. The molecule has 518 valence electrons. The average Bonchev–Trinajstić information content (AvgIpc) is 0.943. The van der Waals surface area contributed by atoms with E-state index in [4.69, 9.17) is 57.3 Å². The fraction of sp³-hybridized carbons (Fsp3) is 0.600. The molecule has 0 bridgehead atoms. The second kappa shape index (κ2) is 39.2. The van der Waals surface area contributed by atoms with Gasteiger partial charge in [0.05, 0.1) is 18.7 Å². The van der Waals surface area contributed by atoms with Crippen molar-refractivity contribution in [3.8, 4) is 0 Å². The van der Waals surface area contributed by atoms with E-state index in [2.05, 4.69) is 89.7 Å². The summed E-state index contributed by atoms with van der Waals surface area (Å²) in [4.78, 5) is 188. The van der Waals surface area contributed by atoms with Crippen molar-refractivity contribution in [1.29, 1.82) is 0 Å². The molecule has 4 aliphatic heterocycles. The highest BCUT2D eigenvalue weighted by molar-refractivity contribution is 6.04. The van der Waals surface area contributed by atoms with Crippen LogP contribution < -0.4 is 142 Å². The first-order valence-electron chi connectivity index (χ1n) is 29.2. The van der Waals surface area contributed by atoms with Gasteiger partial charge in [0.2, 0.25) is 59.1 Å². The zero-order valence-corrected chi connectivity index (χ0v) is 50.9. The fourth-order valence-electron chi connectivity index (χ4n) is 8.63. The summed E-state index contributed by atoms with van der Waals surface area (Å²) in [7, 11) is 0. The zero-order valence-electron chi connectivity index (χ0n) is 50.9. The van der Waals surface area contributed by atoms with E-state index in [0.717, 1.165) is 12.4 Å². The van der Waals surface area contributed by atoms with Crippen LogP contribution >= 0.6 is 0 Å². The Morgan fingerprint density at radius 1 is 0.548 bits per heavy atom. The van der Waals surface area contributed by atoms with Crippen molar-refractivity contribution in [2.45, 2.75) is 131 Å². The van der Waals surface area contributed by atoms with Gasteiger partial charge in [0, 0.05) is 76.6 Å². The second-order valence-corrected chi connectivity index (χ2v) is 21.3. The van der Waals surface area contributed by atoms with Gasteiger partial charge in [-0.25, -0.2) is 9.59 Å². The lowest BCUT2D eigenvalue weighted by Gasteiger charge is -2.31. The molecule has 2 saturated heterocycles. The number of aliphatic hydroxyl groups excluding tert-OH is 1. The van der Waals surface area contributed by atoms with E-state index >= 15 is 0 Å². The molecule has 0 aromatic carbocycles. The molecule has 12 atom stereocenters. The van der Waals surface area contributed by atoms with Crippen molar-refractivity contribution in [2.75, 3.05) is 59.0 Å². The number of amides is 16. The minimum absolute atomic E-state index is 0.0101. The van der Waals surface area contributed by atoms with Gasteiger partial charge in [-0.2, -0.15) is 0 Å². The summed E-state index contributed by atoms with van der Waals surface area (Å²) in [5.74, 6) is -10.7. The van der Waals surface area contributed by atoms with Crippen molar-refractivity contribution in [1.82, 2.24) is 85.1 Å². The van der Waals surface area contributed by atoms with Crippen LogP contribution in [-0.4, -0.2) is 231 Å². The van der Waals surface area contributed by atoms with Crippen molar-refractivity contribution in [3.05, 3.63) is 23.8 Å². The summed E-state index contributed by atoms with van der Waals surface area (Å²) >= 11 is 0. The van der Waals surface area contributed by atoms with Crippen molar-refractivity contribution < 1.29 is 72.2 Å². The number of hydrogen-bond donors (Lipinski definition) is 27. The third kappa shape index (κ3) is 27.5. The summed E-state index contributed by atoms with van der Waals surface area (Å²) in [5.41, 5.74) is 55.2. The highest BCUT2D eigenvalue weighted by atomic mass is 16.3. The molecule has 0 spiro atoms. The topological polar surface area (TPSA) is 737 Å². The molecule has 93 heavy (non-hydrogen) atoms. The van der Waals surface area contributed by atoms with E-state index in [1.807, 2.05) is 5.32 Å². The van der Waals surface area contributed by atoms with Gasteiger partial charge in [0.15, 0.2) is 11.9 Å². The molecule has 2 fully saturated rings. The van der Waals surface area contributed by atoms with Crippen LogP contribution in [0.4, 0.5) is 9.59 Å². The molecule has 0 saturated carbocycles. The highest BCUT2D eigenvalue weighted by Gasteiger charge is 2.38. The maximum Gasteiger partial charge on any atom is 0.316 e. The van der Waals surface area contributed by atoms with Crippen molar-refractivity contribution >= 4 is 94.9 Å². The standard InChI is InChI=1S/C25H44N14O8.C25H44N14O7/c26-4-1-2-11(27)6-17(41)32-8-14-20(43)35-15(9-34-25(30)47)21(44)39-18(13-3-5-31-24(29)38-13)23(46)33-7-12(28)19(42)37-16(10-40)22(45)36-14;1-11-19(41)36-15(9-32-17(40)7-12(27)3-2-5-26)21(43)37-16(10-34-25(30)46)22(44)39-18(14-4-6-31-24(29)38-14)23(45)33-8-13(28)20(42)35-11/h9,11-14,16,18,40H,1-8,10,26-28H2,(H,32,41)(H,33,46)(H,35,43)(H,36,45)(H,37,42)(H,39,44)(H3,29,31,38)(H3,30,34,47);10-15,18H,2-9,26-28H2,1H3,(H,32,40)(H,33,45)(H,35,42)(H,36,41)(H,37,43)(H,39,44)(H3,29,31,38)(H3,30,34,46)/b15-9-;16-10-/t11-,12?,13?,14-,16-,18-;11-,12-,13?,14?,15-,18-/m00/s1. The van der Waals surface area contributed by atoms with Crippen LogP contribution in [-0.2, 0) is 57.5 Å². The SMILES string of the molecule is C[C@@H]1NC(=O)C(N)CNC(=O)[C@H](C2CCN=C(N)N2)NC(=O)/C(=C/NC(N)=O)NC(=O)[C@H](CNC(=O)C[C@@H](N)CCCN)NC1=O.NCCC[C@H](N)CC(=O)NC[C@@H]1NC(=O)[C@H](CO)NC(=O)C(N)CNC(=O)[C@H](C2CCN=C(N)N2)NC(=O)/C(=C/NC(N)=O)NC1=O. The molecule has 4 rings (SSSR count). The zero-order chi connectivity index (χ0) is 69.5. The van der Waals surface area contributed by atoms with Crippen molar-refractivity contribution in [3.63, 3.8) is 0 Å². The Balaban J connectivity index is 0.000000485. The number of nitrogens with two attached hydrogens (primary N) is 10. The van der Waals surface area contributed by atoms with Crippen LogP contribution in [0.3, 0.4) is 0 Å². The Bertz CT molecular complexity index is 2840. The number of urea groups is 2. The highest BCUT2D eigenvalue weighted by Crippen LogP contribution is 2.10. The lowest BCUT2D eigenvalue weighted by molar-refractivity contribution is -0.134. The summed E-state index contributed by atoms with van der Waals surface area (Å²) in [6.45, 7) is -0.284. The number of guanidine groups is 2. The first-order valence-corrected chi connectivity index (χ1v) is 29.2. The summed E-state index contributed by atoms with van der Waals surface area (Å²) in [5, 5.41) is 48.1. The lowest BCUT2D eigenvalue weighted by Crippen LogP contribution is -2.64. The number of carbonyl (C=O) groups is 14. The monoisotopic (exact) mass is 1320 g/mol. The normalized spacial score (nSPS) is 26.5. The summed E-state index contributed by atoms with van der Waals surface area (Å²) in [6.07, 6.45) is 3.86. The summed E-state index contributed by atoms with van der Waals surface area (Å²) in [6, 6.07) is -16.3. The molecule has 4 unspecified atom stereocenters. The first kappa shape index (κ1) is 77.2. The molecule has 43 nitrogen and oxygen atoms in total. The van der Waals surface area contributed by atoms with Gasteiger partial charge >= 0.3 is 12.1 Å². The number of aliphatic imine (C=N–C) groups is 2. The largest absolute Gasteiger partial charge is 0.394 e. The van der Waals surface area contributed by atoms with E-state index in [-0.39, 0.29) is 57.2 Å². The van der Waals surface area contributed by atoms with E-state index in [1.54, 1.807) is 0 Å². The van der Waals surface area contributed by atoms with E-state index in [0.29, 0.717) is 38.8 Å². The fourth-order valence-corrected chi connectivity index (χ4v) is 8.63. The number of hydrogen-bond acceptors (Lipinski definition) is 27. The summed E-state index contributed by atoms with van der Waals surface area (Å²) < 4.78 is 0. The van der Waals surface area contributed by atoms with Crippen LogP contribution in [0.15, 0.2) is 33.8 Å². The predicted molar refractivity (Wildman–Crippen MR) is 328 cm³/mol. The molecular weight excluding hydrogens is 1230 g/mol. The van der Waals surface area contributed by atoms with E-state index in [1.165, 1.54) is 6.92 Å². The van der Waals surface area contributed by atoms with Gasteiger partial charge < -0.3 is 148 Å². The molecule has 0 aliphatic carbocycles. The third-order valence-corrected chi connectivity index (χ3v) is 13.7. The molecule has 16 amide bonds. The number of carbonyl (C=O) groups excluding carboxylic acids is 14. The lowest BCUT2D eigenvalue weighted by atomic mass is 10.0. The Morgan fingerprint density at radius 2 is 0.935 bits per heavy atom. The third-order valence-electron chi connectivity index (χ3n) is 13.7. The minimum atomic E-state index is -1.63. The Morgan fingerprint density at radius 3 is 1.31 bits per heavy atom. The molecule has 37 N–H and O–H groups in total. The van der Waals surface area contributed by atoms with Gasteiger partial charge in [-0.05, 0) is 58.5 Å². The van der Waals surface area contributed by atoms with Crippen LogP contribution in [0.25, 0.3) is 0 Å². The molecule has 0 radical (unpaired) electrons. The van der Waals surface area contributed by atoms with Gasteiger partial charge in [-0.15, -0.1) is 0 Å². The van der Waals surface area contributed by atoms with Gasteiger partial charge in [-0.3, -0.25) is 67.5 Å². The number of nitrogens with one attached hydrogen (secondary N) is 16. The van der Waals surface area contributed by atoms with E-state index < -0.39 is 193 Å². The molecule has 43 heteroatoms. The number of rotatable bonds is 19. The van der Waals surface area contributed by atoms with Gasteiger partial charge in [0.1, 0.15) is 59.7 Å². The first-order chi connectivity index (χ1) is 44.0. The molecule has 4 aliphatic rings. The van der Waals surface area contributed by atoms with Gasteiger partial charge in [0.25, 0.3) is 11.8 Å². The van der Waals surface area contributed by atoms with Crippen molar-refractivity contribution in [2.24, 2.45) is 67.3 Å². The average molecular weight is 1320 g/mol. The Kier molecular flexibility index (Phi) is 32.6. The van der Waals surface area contributed by atoms with Crippen LogP contribution in [0.2, 0.25) is 0 Å². The minimum Gasteiger partial charge on any atom is -0.394 e. The Hall–Kier alpha value is -10.1. The van der Waals surface area contributed by atoms with Crippen LogP contribution in [0, 0.1) is 0 Å². The number of primary amides is 2. The second-order valence-electron chi connectivity index (χ2n) is 21.3. The Labute approximate surface area is 531 Å². The maximum absolute atomic E-state index is 13.5. The molecule has 4 heterocycles. The quantitative estimate of drug-likeness (QED) is 0.0534. The maximum atomic E-state index is 13.5. The number of aliphatic hydroxyl groups is 1. The molecule has 0 aromatic heterocycles. The molecule has 0 aromatic rings. The van der Waals surface area contributed by atoms with E-state index in [9.17, 15) is 72.2 Å². The van der Waals surface area contributed by atoms with Crippen LogP contribution in [0.1, 0.15) is 58.3 Å². The predicted octanol–water partition coefficient (Wildman–Crippen LogP) is -15.4. The van der Waals surface area contributed by atoms with Crippen LogP contribution in [0.5, 0.6) is 0 Å². The number of nitrogens with zero attached hydrogens (tertiary/aromatic N) is 2. The van der Waals surface area contributed by atoms with Gasteiger partial charge in [-0.1, -0.05) is 0 Å².